The van der Waals surface area contributed by atoms with Gasteiger partial charge in [-0.15, -0.1) is 11.3 Å². The fourth-order valence-corrected chi connectivity index (χ4v) is 4.10. The molecule has 1 aromatic rings. The fourth-order valence-electron chi connectivity index (χ4n) is 2.22. The molecule has 1 N–H and O–H groups in total. The second kappa shape index (κ2) is 6.71. The molecule has 1 aliphatic heterocycles. The van der Waals surface area contributed by atoms with E-state index in [9.17, 15) is 0 Å². The molecular weight excluding hydrogens is 334 g/mol. The summed E-state index contributed by atoms with van der Waals surface area (Å²) in [6.45, 7) is 7.40. The predicted molar refractivity (Wildman–Crippen MR) is 81.5 cm³/mol. The molecule has 102 valence electrons. The molecule has 0 amide bonds. The van der Waals surface area contributed by atoms with Gasteiger partial charge in [0.2, 0.25) is 0 Å². The SMILES string of the molecule is CC(C)CNCC1CCOC1c1cc(Br)c(Cl)s1. The molecule has 1 saturated heterocycles. The zero-order valence-corrected chi connectivity index (χ0v) is 13.9. The van der Waals surface area contributed by atoms with Crippen molar-refractivity contribution >= 4 is 38.9 Å². The first-order valence-electron chi connectivity index (χ1n) is 6.35. The first-order valence-corrected chi connectivity index (χ1v) is 8.33. The predicted octanol–water partition coefficient (Wildman–Crippen LogP) is 4.49. The average Bonchev–Trinajstić information content (AvgIpc) is 2.86. The quantitative estimate of drug-likeness (QED) is 0.843. The Kier molecular flexibility index (Phi) is 5.51. The van der Waals surface area contributed by atoms with Crippen molar-refractivity contribution in [2.75, 3.05) is 19.7 Å². The fraction of sp³-hybridized carbons (Fsp3) is 0.692. The van der Waals surface area contributed by atoms with Crippen molar-refractivity contribution in [1.29, 1.82) is 0 Å². The summed E-state index contributed by atoms with van der Waals surface area (Å²) >= 11 is 11.2. The van der Waals surface area contributed by atoms with Gasteiger partial charge in [-0.3, -0.25) is 0 Å². The minimum atomic E-state index is 0.207. The van der Waals surface area contributed by atoms with E-state index < -0.39 is 0 Å². The van der Waals surface area contributed by atoms with Crippen molar-refractivity contribution in [2.24, 2.45) is 11.8 Å². The van der Waals surface area contributed by atoms with Gasteiger partial charge in [-0.1, -0.05) is 25.4 Å². The van der Waals surface area contributed by atoms with Crippen LogP contribution in [-0.2, 0) is 4.74 Å². The summed E-state index contributed by atoms with van der Waals surface area (Å²) in [4.78, 5) is 1.24. The highest BCUT2D eigenvalue weighted by Crippen LogP contribution is 2.42. The van der Waals surface area contributed by atoms with E-state index in [-0.39, 0.29) is 6.10 Å². The van der Waals surface area contributed by atoms with Crippen LogP contribution in [-0.4, -0.2) is 19.7 Å². The van der Waals surface area contributed by atoms with E-state index >= 15 is 0 Å². The third-order valence-electron chi connectivity index (χ3n) is 3.12. The summed E-state index contributed by atoms with van der Waals surface area (Å²) in [6.07, 6.45) is 1.33. The molecule has 2 heterocycles. The second-order valence-corrected chi connectivity index (χ2v) is 7.70. The van der Waals surface area contributed by atoms with E-state index in [1.165, 1.54) is 4.88 Å². The molecule has 0 bridgehead atoms. The molecule has 0 radical (unpaired) electrons. The molecule has 0 aliphatic carbocycles. The summed E-state index contributed by atoms with van der Waals surface area (Å²) in [7, 11) is 0. The third kappa shape index (κ3) is 3.70. The lowest BCUT2D eigenvalue weighted by Gasteiger charge is -2.18. The molecule has 2 rings (SSSR count). The van der Waals surface area contributed by atoms with Crippen molar-refractivity contribution in [3.05, 3.63) is 19.8 Å². The third-order valence-corrected chi connectivity index (χ3v) is 5.65. The van der Waals surface area contributed by atoms with Crippen molar-refractivity contribution in [3.8, 4) is 0 Å². The van der Waals surface area contributed by atoms with Gasteiger partial charge in [-0.05, 0) is 40.9 Å². The Balaban J connectivity index is 1.94. The number of thiophene rings is 1. The summed E-state index contributed by atoms with van der Waals surface area (Å²) in [5.41, 5.74) is 0. The molecule has 1 aliphatic rings. The number of rotatable bonds is 5. The summed E-state index contributed by atoms with van der Waals surface area (Å²) < 4.78 is 7.66. The van der Waals surface area contributed by atoms with Crippen molar-refractivity contribution in [2.45, 2.75) is 26.4 Å². The minimum absolute atomic E-state index is 0.207. The van der Waals surface area contributed by atoms with E-state index in [0.717, 1.165) is 34.9 Å². The average molecular weight is 353 g/mol. The Labute approximate surface area is 126 Å². The first-order chi connectivity index (χ1) is 8.58. The maximum atomic E-state index is 6.10. The number of hydrogen-bond donors (Lipinski definition) is 1. The number of halogens is 2. The van der Waals surface area contributed by atoms with E-state index in [4.69, 9.17) is 16.3 Å². The Morgan fingerprint density at radius 2 is 2.39 bits per heavy atom. The van der Waals surface area contributed by atoms with Crippen LogP contribution in [0.4, 0.5) is 0 Å². The summed E-state index contributed by atoms with van der Waals surface area (Å²) in [5.74, 6) is 1.25. The zero-order chi connectivity index (χ0) is 13.1. The number of hydrogen-bond acceptors (Lipinski definition) is 3. The van der Waals surface area contributed by atoms with Gasteiger partial charge in [0.25, 0.3) is 0 Å². The molecular formula is C13H19BrClNOS. The molecule has 18 heavy (non-hydrogen) atoms. The highest BCUT2D eigenvalue weighted by Gasteiger charge is 2.31. The second-order valence-electron chi connectivity index (χ2n) is 5.16. The normalized spacial score (nSPS) is 24.1. The monoisotopic (exact) mass is 351 g/mol. The lowest BCUT2D eigenvalue weighted by molar-refractivity contribution is 0.0932. The van der Waals surface area contributed by atoms with E-state index in [0.29, 0.717) is 11.8 Å². The maximum absolute atomic E-state index is 6.10. The van der Waals surface area contributed by atoms with Crippen LogP contribution < -0.4 is 5.32 Å². The standard InChI is InChI=1S/C13H19BrClNOS/c1-8(2)6-16-7-9-3-4-17-12(9)11-5-10(14)13(15)18-11/h5,8-9,12,16H,3-4,6-7H2,1-2H3. The van der Waals surface area contributed by atoms with Crippen molar-refractivity contribution in [3.63, 3.8) is 0 Å². The Morgan fingerprint density at radius 3 is 3.00 bits per heavy atom. The Hall–Kier alpha value is 0.390. The smallest absolute Gasteiger partial charge is 0.107 e. The Morgan fingerprint density at radius 1 is 1.61 bits per heavy atom. The van der Waals surface area contributed by atoms with Gasteiger partial charge in [-0.2, -0.15) is 0 Å². The van der Waals surface area contributed by atoms with Crippen LogP contribution in [0.3, 0.4) is 0 Å². The van der Waals surface area contributed by atoms with Gasteiger partial charge in [0.15, 0.2) is 0 Å². The van der Waals surface area contributed by atoms with Gasteiger partial charge in [0, 0.05) is 28.4 Å². The van der Waals surface area contributed by atoms with E-state index in [1.54, 1.807) is 11.3 Å². The highest BCUT2D eigenvalue weighted by molar-refractivity contribution is 9.10. The molecule has 1 aromatic heterocycles. The number of ether oxygens (including phenoxy) is 1. The molecule has 0 spiro atoms. The minimum Gasteiger partial charge on any atom is -0.372 e. The molecule has 0 aromatic carbocycles. The van der Waals surface area contributed by atoms with Gasteiger partial charge in [0.05, 0.1) is 6.10 Å². The number of nitrogens with one attached hydrogen (secondary N) is 1. The molecule has 2 nitrogen and oxygen atoms in total. The molecule has 5 heteroatoms. The van der Waals surface area contributed by atoms with Crippen LogP contribution in [0.25, 0.3) is 0 Å². The van der Waals surface area contributed by atoms with Gasteiger partial charge in [-0.25, -0.2) is 0 Å². The largest absolute Gasteiger partial charge is 0.372 e. The van der Waals surface area contributed by atoms with Gasteiger partial charge < -0.3 is 10.1 Å². The lowest BCUT2D eigenvalue weighted by atomic mass is 10.00. The van der Waals surface area contributed by atoms with Crippen LogP contribution in [0, 0.1) is 11.8 Å². The molecule has 1 fully saturated rings. The first kappa shape index (κ1) is 14.8. The van der Waals surface area contributed by atoms with Crippen molar-refractivity contribution < 1.29 is 4.74 Å². The van der Waals surface area contributed by atoms with Crippen LogP contribution in [0.1, 0.15) is 31.2 Å². The highest BCUT2D eigenvalue weighted by atomic mass is 79.9. The zero-order valence-electron chi connectivity index (χ0n) is 10.7. The maximum Gasteiger partial charge on any atom is 0.107 e. The van der Waals surface area contributed by atoms with Crippen LogP contribution in [0.2, 0.25) is 4.34 Å². The van der Waals surface area contributed by atoms with Crippen LogP contribution >= 0.6 is 38.9 Å². The van der Waals surface area contributed by atoms with E-state index in [1.807, 2.05) is 0 Å². The van der Waals surface area contributed by atoms with Gasteiger partial charge >= 0.3 is 0 Å². The molecule has 2 atom stereocenters. The Bertz CT molecular complexity index is 377. The van der Waals surface area contributed by atoms with Crippen LogP contribution in [0.15, 0.2) is 10.5 Å². The topological polar surface area (TPSA) is 21.3 Å². The van der Waals surface area contributed by atoms with Gasteiger partial charge in [0.1, 0.15) is 4.34 Å². The molecule has 0 saturated carbocycles. The summed E-state index contributed by atoms with van der Waals surface area (Å²) in [5, 5.41) is 3.53. The van der Waals surface area contributed by atoms with Crippen molar-refractivity contribution in [1.82, 2.24) is 5.32 Å². The van der Waals surface area contributed by atoms with E-state index in [2.05, 4.69) is 41.2 Å². The summed E-state index contributed by atoms with van der Waals surface area (Å²) in [6, 6.07) is 2.10. The molecule has 2 unspecified atom stereocenters. The van der Waals surface area contributed by atoms with Crippen LogP contribution in [0.5, 0.6) is 0 Å². The lowest BCUT2D eigenvalue weighted by Crippen LogP contribution is -2.27.